The van der Waals surface area contributed by atoms with Crippen LogP contribution in [0.5, 0.6) is 0 Å². The Balaban J connectivity index is 1.15. The fourth-order valence-electron chi connectivity index (χ4n) is 26.1. The molecule has 29 aromatic carbocycles. The molecule has 318 valence electrons. The zero-order valence-electron chi connectivity index (χ0n) is 38.9. The highest BCUT2D eigenvalue weighted by Gasteiger charge is 2.77. The first kappa shape index (κ1) is 28.8. The van der Waals surface area contributed by atoms with Crippen LogP contribution in [-0.4, -0.2) is 12.6 Å². The number of benzene rings is 19. The number of esters is 1. The normalized spacial score (nSPS) is 21.9. The Bertz CT molecular complexity index is 7480. The van der Waals surface area contributed by atoms with Gasteiger partial charge < -0.3 is 9.64 Å². The molecule has 3 heteroatoms. The minimum Gasteiger partial charge on any atom is -0.463 e. The fourth-order valence-corrected chi connectivity index (χ4v) is 26.1. The van der Waals surface area contributed by atoms with Crippen molar-refractivity contribution in [2.75, 3.05) is 11.5 Å². The molecule has 1 aliphatic heterocycles. The molecule has 0 amide bonds. The van der Waals surface area contributed by atoms with E-state index in [-0.39, 0.29) is 5.97 Å². The predicted molar refractivity (Wildman–Crippen MR) is 312 cm³/mol. The zero-order valence-corrected chi connectivity index (χ0v) is 38.9. The monoisotopic (exact) mass is 923 g/mol. The number of hydrogen-bond acceptors (Lipinski definition) is 3. The van der Waals surface area contributed by atoms with Gasteiger partial charge in [0.25, 0.3) is 0 Å². The number of allylic oxidation sites excluding steroid dienone is 1. The van der Waals surface area contributed by atoms with Crippen molar-refractivity contribution in [1.29, 1.82) is 0 Å². The zero-order chi connectivity index (χ0) is 45.3. The Morgan fingerprint density at radius 2 is 0.547 bits per heavy atom. The van der Waals surface area contributed by atoms with Crippen molar-refractivity contribution in [3.8, 4) is 0 Å². The van der Waals surface area contributed by atoms with E-state index in [9.17, 15) is 0 Å². The maximum atomic E-state index is 16.5. The quantitative estimate of drug-likeness (QED) is 0.131. The first-order valence-electron chi connectivity index (χ1n) is 27.7. The Morgan fingerprint density at radius 1 is 0.333 bits per heavy atom. The van der Waals surface area contributed by atoms with Crippen LogP contribution in [0.2, 0.25) is 0 Å². The number of hydrogen-bond donors (Lipinski definition) is 0. The second kappa shape index (κ2) is 6.65. The van der Waals surface area contributed by atoms with Crippen LogP contribution in [0.25, 0.3) is 291 Å². The number of para-hydroxylation sites is 1. The molecule has 0 bridgehead atoms. The van der Waals surface area contributed by atoms with Crippen LogP contribution >= 0.6 is 0 Å². The summed E-state index contributed by atoms with van der Waals surface area (Å²) in [4.78, 5) is 19.3. The van der Waals surface area contributed by atoms with Crippen LogP contribution in [0.15, 0.2) is 41.6 Å². The van der Waals surface area contributed by atoms with E-state index in [1.54, 1.807) is 226 Å². The molecule has 0 atom stereocenters. The summed E-state index contributed by atoms with van der Waals surface area (Å²) < 4.78 is 6.70. The van der Waals surface area contributed by atoms with E-state index in [2.05, 4.69) is 42.2 Å². The number of carbonyl (C=O) groups is 1. The minimum atomic E-state index is -0.884. The predicted octanol–water partition coefficient (Wildman–Crippen LogP) is 18.6. The Morgan fingerprint density at radius 3 is 0.773 bits per heavy atom. The van der Waals surface area contributed by atoms with E-state index in [4.69, 9.17) is 4.74 Å². The van der Waals surface area contributed by atoms with Crippen molar-refractivity contribution < 1.29 is 9.53 Å². The molecular weight excluding hydrogens is 911 g/mol. The van der Waals surface area contributed by atoms with Gasteiger partial charge in [0.05, 0.1) is 17.6 Å². The van der Waals surface area contributed by atoms with Gasteiger partial charge in [-0.25, -0.2) is 4.79 Å². The third-order valence-corrected chi connectivity index (χ3v) is 26.2. The summed E-state index contributed by atoms with van der Waals surface area (Å²) in [5, 5.41) is 84.5. The minimum absolute atomic E-state index is 0.134. The first-order valence-corrected chi connectivity index (χ1v) is 27.7. The van der Waals surface area contributed by atoms with Gasteiger partial charge in [0, 0.05) is 22.5 Å². The summed E-state index contributed by atoms with van der Waals surface area (Å²) in [7, 11) is 0. The molecule has 0 aromatic heterocycles. The number of nitrogens with zero attached hydrogens (tertiary/aromatic N) is 1. The molecule has 29 aromatic rings. The van der Waals surface area contributed by atoms with Gasteiger partial charge in [-0.3, -0.25) is 0 Å². The average Bonchev–Trinajstić information content (AvgIpc) is 2.13. The van der Waals surface area contributed by atoms with Crippen molar-refractivity contribution in [2.24, 2.45) is 0 Å². The highest BCUT2D eigenvalue weighted by Crippen LogP contribution is 2.87. The van der Waals surface area contributed by atoms with Crippen molar-refractivity contribution in [2.45, 2.75) is 24.8 Å². The van der Waals surface area contributed by atoms with E-state index in [0.717, 1.165) is 11.3 Å². The van der Waals surface area contributed by atoms with Gasteiger partial charge in [-0.2, -0.15) is 0 Å². The van der Waals surface area contributed by atoms with Crippen LogP contribution in [-0.2, 0) is 20.5 Å². The van der Waals surface area contributed by atoms with Gasteiger partial charge >= 0.3 is 5.97 Å². The summed E-state index contributed by atoms with van der Waals surface area (Å²) in [6.07, 6.45) is 0. The van der Waals surface area contributed by atoms with Crippen LogP contribution in [0.4, 0.5) is 5.69 Å². The van der Waals surface area contributed by atoms with E-state index in [1.807, 2.05) is 6.92 Å². The highest BCUT2D eigenvalue weighted by atomic mass is 16.5. The van der Waals surface area contributed by atoms with E-state index >= 15 is 4.79 Å². The topological polar surface area (TPSA) is 29.5 Å². The maximum absolute atomic E-state index is 16.5. The molecule has 34 rings (SSSR count). The number of anilines is 1. The molecule has 4 aliphatic carbocycles. The molecule has 5 aliphatic rings. The summed E-state index contributed by atoms with van der Waals surface area (Å²) in [6.45, 7) is 4.70. The van der Waals surface area contributed by atoms with E-state index < -0.39 is 11.0 Å². The van der Waals surface area contributed by atoms with Gasteiger partial charge in [0.1, 0.15) is 5.54 Å². The second-order valence-electron chi connectivity index (χ2n) is 26.6. The summed E-state index contributed by atoms with van der Waals surface area (Å²) in [5.41, 5.74) is 7.39. The Kier molecular flexibility index (Phi) is 2.55. The van der Waals surface area contributed by atoms with Crippen LogP contribution in [0, 0.1) is 0 Å². The lowest BCUT2D eigenvalue weighted by Gasteiger charge is -2.54. The lowest BCUT2D eigenvalue weighted by molar-refractivity contribution is -0.139. The second-order valence-corrected chi connectivity index (χ2v) is 26.6. The maximum Gasteiger partial charge on any atom is 0.337 e. The van der Waals surface area contributed by atoms with Crippen molar-refractivity contribution in [3.63, 3.8) is 0 Å². The molecule has 0 saturated carbocycles. The molecule has 2 spiro atoms. The molecule has 3 nitrogen and oxygen atoms in total. The number of rotatable bonds is 3. The number of carbonyl (C=O) groups excluding carboxylic acids is 1. The molecule has 0 radical (unpaired) electrons. The van der Waals surface area contributed by atoms with Crippen molar-refractivity contribution in [1.82, 2.24) is 0 Å². The van der Waals surface area contributed by atoms with Gasteiger partial charge in [0.2, 0.25) is 0 Å². The van der Waals surface area contributed by atoms with E-state index in [0.29, 0.717) is 6.61 Å². The third-order valence-electron chi connectivity index (χ3n) is 26.2. The highest BCUT2D eigenvalue weighted by molar-refractivity contribution is 6.82. The van der Waals surface area contributed by atoms with Gasteiger partial charge in [0.15, 0.2) is 0 Å². The SMILES string of the molecule is CCOC(=O)C1=C(C)N(c2ccccc2)C23c4c5c6c7c8c9c(c%10c%11c2c2c4c4c%12c5c5c6c6c8c8c%13c9c9c%10c%10c%11c%11c2c2c4c4c%12c%12c5c5c6c8c6c8c%13c9c9c%10c%10c%11c2c2c4c4c%12c5c6c5c8c9c%10c2c45)C173. The summed E-state index contributed by atoms with van der Waals surface area (Å²) in [5.74, 6) is -0.134. The Hall–Kier alpha value is -9.31. The number of ether oxygens (including phenoxy) is 1. The summed E-state index contributed by atoms with van der Waals surface area (Å²) in [6, 6.07) is 11.4. The molecule has 0 N–H and O–H groups in total. The standard InChI is InChI=1S/C72H13NO2/c1-3-75-70(74)65-9(2)73(10-7-5-4-6-8-10)72-68-61-55-45-33-25-17-13-11-12-15-19(17)27(33)37-31-23(15)24-16(12)20-18-14(11)22-21(13)29-35(25)43-49-39(29)40-30(22)36-26(18)34-28(20)38-32(24)42-41(31)53(47(37)55)63(68)64-54(42)48(38)56-46(34)52-44(36)50(40)58-57(49)66(59(61)51(43)45)71(65,72)67(58)60(52)62(56)69(64)72/h4-8H,3H2,1-2H3. The fraction of sp³-hybridized carbons (Fsp3) is 0.0694. The molecule has 1 heterocycles. The summed E-state index contributed by atoms with van der Waals surface area (Å²) >= 11 is 0. The van der Waals surface area contributed by atoms with Gasteiger partial charge in [-0.1, -0.05) is 18.2 Å². The molecule has 0 unspecified atom stereocenters. The van der Waals surface area contributed by atoms with Crippen LogP contribution in [0.3, 0.4) is 0 Å². The van der Waals surface area contributed by atoms with Crippen LogP contribution < -0.4 is 4.90 Å². The lowest BCUT2D eigenvalue weighted by Crippen LogP contribution is -2.58. The van der Waals surface area contributed by atoms with Crippen LogP contribution in [0.1, 0.15) is 36.1 Å². The molecular formula is C72H13NO2. The largest absolute Gasteiger partial charge is 0.463 e. The third kappa shape index (κ3) is 1.57. The Labute approximate surface area is 410 Å². The lowest BCUT2D eigenvalue weighted by atomic mass is 9.51. The van der Waals surface area contributed by atoms with E-state index in [1.165, 1.54) is 92.6 Å². The smallest absolute Gasteiger partial charge is 0.337 e. The molecule has 75 heavy (non-hydrogen) atoms. The van der Waals surface area contributed by atoms with Gasteiger partial charge in [-0.15, -0.1) is 0 Å². The average molecular weight is 924 g/mol. The molecule has 0 saturated heterocycles. The van der Waals surface area contributed by atoms with Gasteiger partial charge in [-0.05, 0) is 328 Å². The van der Waals surface area contributed by atoms with Crippen molar-refractivity contribution >= 4 is 303 Å². The van der Waals surface area contributed by atoms with Crippen molar-refractivity contribution in [3.05, 3.63) is 63.9 Å². The molecule has 0 fully saturated rings. The first-order chi connectivity index (χ1) is 37.2.